The Labute approximate surface area is 136 Å². The van der Waals surface area contributed by atoms with Crippen molar-refractivity contribution >= 4 is 44.6 Å². The van der Waals surface area contributed by atoms with Gasteiger partial charge in [0.05, 0.1) is 0 Å². The zero-order valence-corrected chi connectivity index (χ0v) is 13.3. The van der Waals surface area contributed by atoms with Crippen molar-refractivity contribution in [2.75, 3.05) is 0 Å². The fraction of sp³-hybridized carbons (Fsp3) is 0.125. The van der Waals surface area contributed by atoms with E-state index in [0.29, 0.717) is 16.5 Å². The summed E-state index contributed by atoms with van der Waals surface area (Å²) >= 11 is 13.7. The molecule has 21 heavy (non-hydrogen) atoms. The van der Waals surface area contributed by atoms with Crippen LogP contribution >= 0.6 is 34.5 Å². The van der Waals surface area contributed by atoms with E-state index >= 15 is 0 Å². The summed E-state index contributed by atoms with van der Waals surface area (Å²) in [6.45, 7) is 0. The van der Waals surface area contributed by atoms with E-state index in [4.69, 9.17) is 28.9 Å². The van der Waals surface area contributed by atoms with Crippen molar-refractivity contribution in [3.05, 3.63) is 68.8 Å². The van der Waals surface area contributed by atoms with Gasteiger partial charge in [0.2, 0.25) is 0 Å². The van der Waals surface area contributed by atoms with Crippen LogP contribution in [0.1, 0.15) is 16.5 Å². The SMILES string of the molecule is NC(Cc1cc(Cl)ccc1Cl)c1cc2cc(F)ccc2s1. The molecule has 1 aromatic heterocycles. The summed E-state index contributed by atoms with van der Waals surface area (Å²) in [5.41, 5.74) is 7.18. The molecule has 2 N–H and O–H groups in total. The molecule has 3 aromatic rings. The van der Waals surface area contributed by atoms with Crippen LogP contribution in [-0.4, -0.2) is 0 Å². The Hall–Kier alpha value is -1.13. The van der Waals surface area contributed by atoms with Crippen LogP contribution in [0.5, 0.6) is 0 Å². The summed E-state index contributed by atoms with van der Waals surface area (Å²) in [6, 6.07) is 11.9. The summed E-state index contributed by atoms with van der Waals surface area (Å²) < 4.78 is 14.3. The van der Waals surface area contributed by atoms with E-state index in [0.717, 1.165) is 20.5 Å². The third kappa shape index (κ3) is 3.22. The zero-order chi connectivity index (χ0) is 15.0. The van der Waals surface area contributed by atoms with Gasteiger partial charge in [0.25, 0.3) is 0 Å². The van der Waals surface area contributed by atoms with Crippen molar-refractivity contribution < 1.29 is 4.39 Å². The molecule has 1 heterocycles. The van der Waals surface area contributed by atoms with Crippen molar-refractivity contribution in [1.82, 2.24) is 0 Å². The van der Waals surface area contributed by atoms with E-state index in [2.05, 4.69) is 0 Å². The molecule has 0 spiro atoms. The van der Waals surface area contributed by atoms with Gasteiger partial charge in [-0.25, -0.2) is 4.39 Å². The van der Waals surface area contributed by atoms with Crippen molar-refractivity contribution in [2.24, 2.45) is 5.73 Å². The quantitative estimate of drug-likeness (QED) is 0.661. The molecule has 0 amide bonds. The number of fused-ring (bicyclic) bond motifs is 1. The van der Waals surface area contributed by atoms with Gasteiger partial charge in [-0.2, -0.15) is 0 Å². The molecule has 0 aliphatic carbocycles. The van der Waals surface area contributed by atoms with E-state index < -0.39 is 0 Å². The first kappa shape index (κ1) is 14.8. The minimum absolute atomic E-state index is 0.193. The first-order valence-corrected chi connectivity index (χ1v) is 7.98. The highest BCUT2D eigenvalue weighted by molar-refractivity contribution is 7.19. The van der Waals surface area contributed by atoms with Crippen molar-refractivity contribution in [3.8, 4) is 0 Å². The molecule has 0 aliphatic rings. The molecular formula is C16H12Cl2FNS. The van der Waals surface area contributed by atoms with Crippen LogP contribution in [0.3, 0.4) is 0 Å². The molecule has 1 unspecified atom stereocenters. The maximum atomic E-state index is 13.2. The lowest BCUT2D eigenvalue weighted by atomic mass is 10.0. The van der Waals surface area contributed by atoms with Gasteiger partial charge in [-0.1, -0.05) is 23.2 Å². The Morgan fingerprint density at radius 3 is 2.71 bits per heavy atom. The van der Waals surface area contributed by atoms with E-state index in [1.54, 1.807) is 29.5 Å². The predicted molar refractivity (Wildman–Crippen MR) is 88.9 cm³/mol. The second-order valence-electron chi connectivity index (χ2n) is 4.88. The number of thiophene rings is 1. The van der Waals surface area contributed by atoms with Crippen LogP contribution in [0.2, 0.25) is 10.0 Å². The Bertz CT molecular complexity index is 800. The number of halogens is 3. The Kier molecular flexibility index (Phi) is 4.18. The Balaban J connectivity index is 1.89. The van der Waals surface area contributed by atoms with Crippen LogP contribution in [0.4, 0.5) is 4.39 Å². The largest absolute Gasteiger partial charge is 0.323 e. The smallest absolute Gasteiger partial charge is 0.123 e. The molecule has 108 valence electrons. The topological polar surface area (TPSA) is 26.0 Å². The number of nitrogens with two attached hydrogens (primary N) is 1. The lowest BCUT2D eigenvalue weighted by molar-refractivity contribution is 0.630. The summed E-state index contributed by atoms with van der Waals surface area (Å²) in [7, 11) is 0. The Morgan fingerprint density at radius 2 is 1.90 bits per heavy atom. The van der Waals surface area contributed by atoms with Crippen LogP contribution < -0.4 is 5.73 Å². The lowest BCUT2D eigenvalue weighted by Crippen LogP contribution is -2.12. The number of rotatable bonds is 3. The highest BCUT2D eigenvalue weighted by Gasteiger charge is 2.13. The zero-order valence-electron chi connectivity index (χ0n) is 10.9. The van der Waals surface area contributed by atoms with Gasteiger partial charge in [-0.15, -0.1) is 11.3 Å². The number of hydrogen-bond acceptors (Lipinski definition) is 2. The van der Waals surface area contributed by atoms with Gasteiger partial charge in [-0.3, -0.25) is 0 Å². The third-order valence-electron chi connectivity index (χ3n) is 3.31. The van der Waals surface area contributed by atoms with Gasteiger partial charge < -0.3 is 5.73 Å². The molecule has 0 fully saturated rings. The van der Waals surface area contributed by atoms with Gasteiger partial charge in [0.1, 0.15) is 5.82 Å². The summed E-state index contributed by atoms with van der Waals surface area (Å²) in [5.74, 6) is -0.238. The van der Waals surface area contributed by atoms with E-state index in [9.17, 15) is 4.39 Å². The van der Waals surface area contributed by atoms with E-state index in [-0.39, 0.29) is 11.9 Å². The van der Waals surface area contributed by atoms with Crippen LogP contribution in [0.15, 0.2) is 42.5 Å². The van der Waals surface area contributed by atoms with Gasteiger partial charge in [0, 0.05) is 25.7 Å². The van der Waals surface area contributed by atoms with Crippen molar-refractivity contribution in [2.45, 2.75) is 12.5 Å². The lowest BCUT2D eigenvalue weighted by Gasteiger charge is -2.11. The molecule has 2 aromatic carbocycles. The molecule has 3 rings (SSSR count). The number of benzene rings is 2. The fourth-order valence-corrected chi connectivity index (χ4v) is 3.69. The van der Waals surface area contributed by atoms with Gasteiger partial charge >= 0.3 is 0 Å². The molecular weight excluding hydrogens is 328 g/mol. The summed E-state index contributed by atoms with van der Waals surface area (Å²) in [6.07, 6.45) is 0.592. The average Bonchev–Trinajstić information content (AvgIpc) is 2.86. The minimum Gasteiger partial charge on any atom is -0.323 e. The highest BCUT2D eigenvalue weighted by atomic mass is 35.5. The second-order valence-corrected chi connectivity index (χ2v) is 6.84. The summed E-state index contributed by atoms with van der Waals surface area (Å²) in [4.78, 5) is 1.01. The summed E-state index contributed by atoms with van der Waals surface area (Å²) in [5, 5.41) is 2.17. The van der Waals surface area contributed by atoms with Crippen molar-refractivity contribution in [1.29, 1.82) is 0 Å². The van der Waals surface area contributed by atoms with Crippen LogP contribution in [0, 0.1) is 5.82 Å². The third-order valence-corrected chi connectivity index (χ3v) is 5.16. The van der Waals surface area contributed by atoms with E-state index in [1.165, 1.54) is 12.1 Å². The first-order chi connectivity index (χ1) is 10.0. The number of hydrogen-bond donors (Lipinski definition) is 1. The van der Waals surface area contributed by atoms with Gasteiger partial charge in [-0.05, 0) is 59.8 Å². The molecule has 1 nitrogen and oxygen atoms in total. The molecule has 5 heteroatoms. The first-order valence-electron chi connectivity index (χ1n) is 6.41. The van der Waals surface area contributed by atoms with Crippen molar-refractivity contribution in [3.63, 3.8) is 0 Å². The average molecular weight is 340 g/mol. The molecule has 1 atom stereocenters. The fourth-order valence-electron chi connectivity index (χ4n) is 2.25. The van der Waals surface area contributed by atoms with Crippen LogP contribution in [0.25, 0.3) is 10.1 Å². The standard InChI is InChI=1S/C16H12Cl2FNS/c17-11-1-3-13(18)9(5-11)7-14(20)16-8-10-6-12(19)2-4-15(10)21-16/h1-6,8,14H,7,20H2. The molecule has 0 saturated carbocycles. The second kappa shape index (κ2) is 5.93. The molecule has 0 bridgehead atoms. The minimum atomic E-state index is -0.238. The highest BCUT2D eigenvalue weighted by Crippen LogP contribution is 2.32. The normalized spacial score (nSPS) is 12.8. The van der Waals surface area contributed by atoms with Gasteiger partial charge in [0.15, 0.2) is 0 Å². The Morgan fingerprint density at radius 1 is 1.10 bits per heavy atom. The molecule has 0 radical (unpaired) electrons. The maximum Gasteiger partial charge on any atom is 0.123 e. The predicted octanol–water partition coefficient (Wildman–Crippen LogP) is 5.59. The maximum absolute atomic E-state index is 13.2. The monoisotopic (exact) mass is 339 g/mol. The van der Waals surface area contributed by atoms with Crippen LogP contribution in [-0.2, 0) is 6.42 Å². The molecule has 0 saturated heterocycles. The van der Waals surface area contributed by atoms with E-state index in [1.807, 2.05) is 12.1 Å². The molecule has 0 aliphatic heterocycles.